The quantitative estimate of drug-likeness (QED) is 0.753. The van der Waals surface area contributed by atoms with Gasteiger partial charge in [0.2, 0.25) is 5.91 Å². The number of piperidine rings is 1. The van der Waals surface area contributed by atoms with Crippen molar-refractivity contribution in [2.45, 2.75) is 25.3 Å². The van der Waals surface area contributed by atoms with Gasteiger partial charge in [0.05, 0.1) is 6.26 Å². The molecular weight excluding hydrogens is 356 g/mol. The molecule has 1 saturated heterocycles. The summed E-state index contributed by atoms with van der Waals surface area (Å²) < 4.78 is 6.45. The van der Waals surface area contributed by atoms with Crippen molar-refractivity contribution < 1.29 is 9.21 Å². The molecule has 0 unspecified atom stereocenters. The molecule has 0 saturated carbocycles. The molecule has 1 aliphatic heterocycles. The van der Waals surface area contributed by atoms with Crippen molar-refractivity contribution in [3.63, 3.8) is 0 Å². The van der Waals surface area contributed by atoms with Gasteiger partial charge in [0.25, 0.3) is 5.56 Å². The number of nitrogens with zero attached hydrogens (tertiary/aromatic N) is 3. The van der Waals surface area contributed by atoms with Crippen LogP contribution in [0, 0.1) is 0 Å². The third-order valence-electron chi connectivity index (χ3n) is 5.11. The molecule has 7 heteroatoms. The molecule has 2 N–H and O–H groups in total. The van der Waals surface area contributed by atoms with Gasteiger partial charge in [-0.05, 0) is 36.6 Å². The highest BCUT2D eigenvalue weighted by molar-refractivity contribution is 5.76. The Morgan fingerprint density at radius 1 is 1.21 bits per heavy atom. The van der Waals surface area contributed by atoms with E-state index in [1.54, 1.807) is 12.1 Å². The maximum absolute atomic E-state index is 12.9. The topological polar surface area (TPSA) is 94.4 Å². The molecule has 0 bridgehead atoms. The van der Waals surface area contributed by atoms with Crippen LogP contribution in [0.2, 0.25) is 0 Å². The number of hydrogen-bond acceptors (Lipinski definition) is 5. The Morgan fingerprint density at radius 2 is 2.04 bits per heavy atom. The minimum Gasteiger partial charge on any atom is -0.463 e. The Kier molecular flexibility index (Phi) is 4.97. The first-order chi connectivity index (χ1) is 13.6. The molecular formula is C21H22N4O3. The second-order valence-electron chi connectivity index (χ2n) is 7.01. The summed E-state index contributed by atoms with van der Waals surface area (Å²) in [5.41, 5.74) is 7.07. The number of furan rings is 1. The van der Waals surface area contributed by atoms with E-state index < -0.39 is 5.56 Å². The van der Waals surface area contributed by atoms with Crippen LogP contribution >= 0.6 is 0 Å². The average molecular weight is 378 g/mol. The van der Waals surface area contributed by atoms with Gasteiger partial charge in [-0.2, -0.15) is 5.10 Å². The van der Waals surface area contributed by atoms with Crippen LogP contribution in [-0.4, -0.2) is 33.7 Å². The zero-order valence-corrected chi connectivity index (χ0v) is 15.5. The smallest absolute Gasteiger partial charge is 0.290 e. The standard InChI is InChI=1S/C21H22N4O3/c22-17-12-18(19-9-5-11-28-19)23-25(21(17)27)14-20(26)24-10-4-8-16(13-24)15-6-2-1-3-7-15/h1-3,5-7,9,11-12,16H,4,8,10,13-14,22H2/t16-/m1/s1. The summed E-state index contributed by atoms with van der Waals surface area (Å²) in [5.74, 6) is 0.671. The second-order valence-corrected chi connectivity index (χ2v) is 7.01. The van der Waals surface area contributed by atoms with Gasteiger partial charge >= 0.3 is 0 Å². The third kappa shape index (κ3) is 3.69. The molecule has 28 heavy (non-hydrogen) atoms. The number of nitrogen functional groups attached to an aromatic ring is 1. The van der Waals surface area contributed by atoms with Gasteiger partial charge in [-0.3, -0.25) is 9.59 Å². The summed E-state index contributed by atoms with van der Waals surface area (Å²) >= 11 is 0. The molecule has 1 aromatic carbocycles. The number of anilines is 1. The first-order valence-electron chi connectivity index (χ1n) is 9.36. The number of hydrogen-bond donors (Lipinski definition) is 1. The van der Waals surface area contributed by atoms with Gasteiger partial charge in [-0.25, -0.2) is 4.68 Å². The molecule has 1 amide bonds. The maximum atomic E-state index is 12.9. The number of benzene rings is 1. The summed E-state index contributed by atoms with van der Waals surface area (Å²) in [6.07, 6.45) is 3.50. The molecule has 1 fully saturated rings. The van der Waals surface area contributed by atoms with E-state index in [0.29, 0.717) is 30.5 Å². The van der Waals surface area contributed by atoms with E-state index >= 15 is 0 Å². The van der Waals surface area contributed by atoms with Crippen LogP contribution in [0.1, 0.15) is 24.3 Å². The minimum absolute atomic E-state index is 0.0370. The number of carbonyl (C=O) groups excluding carboxylic acids is 1. The summed E-state index contributed by atoms with van der Waals surface area (Å²) in [4.78, 5) is 27.0. The van der Waals surface area contributed by atoms with E-state index in [1.807, 2.05) is 23.1 Å². The monoisotopic (exact) mass is 378 g/mol. The first-order valence-corrected chi connectivity index (χ1v) is 9.36. The fourth-order valence-corrected chi connectivity index (χ4v) is 3.64. The summed E-state index contributed by atoms with van der Waals surface area (Å²) in [6, 6.07) is 15.1. The second kappa shape index (κ2) is 7.72. The van der Waals surface area contributed by atoms with E-state index in [4.69, 9.17) is 10.2 Å². The van der Waals surface area contributed by atoms with Crippen LogP contribution < -0.4 is 11.3 Å². The van der Waals surface area contributed by atoms with Crippen LogP contribution in [0.4, 0.5) is 5.69 Å². The molecule has 1 aliphatic rings. The van der Waals surface area contributed by atoms with Crippen LogP contribution in [0.15, 0.2) is 64.0 Å². The van der Waals surface area contributed by atoms with E-state index in [-0.39, 0.29) is 18.1 Å². The van der Waals surface area contributed by atoms with Gasteiger partial charge in [0, 0.05) is 19.0 Å². The van der Waals surface area contributed by atoms with Gasteiger partial charge in [0.15, 0.2) is 5.76 Å². The van der Waals surface area contributed by atoms with E-state index in [2.05, 4.69) is 17.2 Å². The fraction of sp³-hybridized carbons (Fsp3) is 0.286. The molecule has 4 rings (SSSR count). The van der Waals surface area contributed by atoms with Crippen LogP contribution in [-0.2, 0) is 11.3 Å². The molecule has 144 valence electrons. The van der Waals surface area contributed by atoms with Crippen LogP contribution in [0.25, 0.3) is 11.5 Å². The molecule has 0 spiro atoms. The van der Waals surface area contributed by atoms with Gasteiger partial charge in [0.1, 0.15) is 17.9 Å². The van der Waals surface area contributed by atoms with Gasteiger partial charge in [-0.1, -0.05) is 30.3 Å². The van der Waals surface area contributed by atoms with Gasteiger partial charge < -0.3 is 15.1 Å². The van der Waals surface area contributed by atoms with Crippen molar-refractivity contribution in [1.82, 2.24) is 14.7 Å². The fourth-order valence-electron chi connectivity index (χ4n) is 3.64. The Morgan fingerprint density at radius 3 is 2.79 bits per heavy atom. The highest BCUT2D eigenvalue weighted by atomic mass is 16.3. The molecule has 0 radical (unpaired) electrons. The number of rotatable bonds is 4. The van der Waals surface area contributed by atoms with Crippen LogP contribution in [0.5, 0.6) is 0 Å². The first kappa shape index (κ1) is 18.0. The Balaban J connectivity index is 1.52. The Labute approximate surface area is 162 Å². The predicted molar refractivity (Wildman–Crippen MR) is 106 cm³/mol. The van der Waals surface area contributed by atoms with E-state index in [0.717, 1.165) is 17.5 Å². The maximum Gasteiger partial charge on any atom is 0.290 e. The Bertz CT molecular complexity index is 1010. The average Bonchev–Trinajstić information content (AvgIpc) is 3.27. The van der Waals surface area contributed by atoms with Crippen molar-refractivity contribution in [2.24, 2.45) is 0 Å². The highest BCUT2D eigenvalue weighted by Gasteiger charge is 2.25. The van der Waals surface area contributed by atoms with Crippen molar-refractivity contribution in [3.8, 4) is 11.5 Å². The van der Waals surface area contributed by atoms with Crippen molar-refractivity contribution >= 4 is 11.6 Å². The number of aromatic nitrogens is 2. The summed E-state index contributed by atoms with van der Waals surface area (Å²) in [7, 11) is 0. The zero-order chi connectivity index (χ0) is 19.5. The molecule has 3 heterocycles. The van der Waals surface area contributed by atoms with Crippen molar-refractivity contribution in [1.29, 1.82) is 0 Å². The molecule has 0 aliphatic carbocycles. The zero-order valence-electron chi connectivity index (χ0n) is 15.5. The number of amides is 1. The third-order valence-corrected chi connectivity index (χ3v) is 5.11. The summed E-state index contributed by atoms with van der Waals surface area (Å²) in [5, 5.41) is 4.27. The minimum atomic E-state index is -0.472. The van der Waals surface area contributed by atoms with E-state index in [1.165, 1.54) is 17.9 Å². The molecule has 3 aromatic rings. The number of likely N-dealkylation sites (tertiary alicyclic amines) is 1. The summed E-state index contributed by atoms with van der Waals surface area (Å²) in [6.45, 7) is 1.19. The largest absolute Gasteiger partial charge is 0.463 e. The lowest BCUT2D eigenvalue weighted by Gasteiger charge is -2.33. The molecule has 7 nitrogen and oxygen atoms in total. The number of carbonyl (C=O) groups is 1. The lowest BCUT2D eigenvalue weighted by atomic mass is 9.90. The lowest BCUT2D eigenvalue weighted by molar-refractivity contribution is -0.133. The van der Waals surface area contributed by atoms with E-state index in [9.17, 15) is 9.59 Å². The molecule has 1 atom stereocenters. The number of nitrogens with two attached hydrogens (primary N) is 1. The SMILES string of the molecule is Nc1cc(-c2ccco2)nn(CC(=O)N2CCC[C@@H](c3ccccc3)C2)c1=O. The Hall–Kier alpha value is -3.35. The normalized spacial score (nSPS) is 16.9. The molecule has 2 aromatic heterocycles. The van der Waals surface area contributed by atoms with Crippen molar-refractivity contribution in [2.75, 3.05) is 18.8 Å². The van der Waals surface area contributed by atoms with Crippen LogP contribution in [0.3, 0.4) is 0 Å². The predicted octanol–water partition coefficient (Wildman–Crippen LogP) is 2.49. The van der Waals surface area contributed by atoms with Gasteiger partial charge in [-0.15, -0.1) is 0 Å². The highest BCUT2D eigenvalue weighted by Crippen LogP contribution is 2.26. The lowest BCUT2D eigenvalue weighted by Crippen LogP contribution is -2.42. The van der Waals surface area contributed by atoms with Crippen molar-refractivity contribution in [3.05, 3.63) is 70.7 Å².